The first-order chi connectivity index (χ1) is 20.2. The van der Waals surface area contributed by atoms with E-state index in [-0.39, 0.29) is 24.8 Å². The first-order valence-electron chi connectivity index (χ1n) is 16.3. The average molecular weight is 705 g/mol. The van der Waals surface area contributed by atoms with Gasteiger partial charge in [-0.2, -0.15) is 18.2 Å². The Balaban J connectivity index is 0.000000205. The second-order valence-electron chi connectivity index (χ2n) is 13.9. The maximum Gasteiger partial charge on any atom is -0.172 e. The Kier molecular flexibility index (Phi) is 13.7. The Labute approximate surface area is 295 Å². The molecule has 0 heterocycles. The largest absolute Gasteiger partial charge is 1.00 e. The molecule has 0 spiro atoms. The van der Waals surface area contributed by atoms with Gasteiger partial charge in [0.1, 0.15) is 0 Å². The van der Waals surface area contributed by atoms with Gasteiger partial charge < -0.3 is 24.8 Å². The predicted octanol–water partition coefficient (Wildman–Crippen LogP) is 4.93. The maximum atomic E-state index is 2.60. The molecule has 3 heteroatoms. The van der Waals surface area contributed by atoms with Gasteiger partial charge in [0, 0.05) is 0 Å². The van der Waals surface area contributed by atoms with Gasteiger partial charge in [-0.05, 0) is 37.5 Å². The monoisotopic (exact) mass is 702 g/mol. The molecule has 0 N–H and O–H groups in total. The Bertz CT molecular complexity index is 1360. The van der Waals surface area contributed by atoms with E-state index in [1.54, 1.807) is 5.92 Å². The minimum Gasteiger partial charge on any atom is -1.00 e. The van der Waals surface area contributed by atoms with E-state index in [0.29, 0.717) is 5.41 Å². The third-order valence-corrected chi connectivity index (χ3v) is 12.3. The van der Waals surface area contributed by atoms with Gasteiger partial charge in [0.25, 0.3) is 0 Å². The zero-order valence-corrected chi connectivity index (χ0v) is 31.6. The van der Waals surface area contributed by atoms with E-state index in [1.807, 2.05) is 47.1 Å². The molecular weight excluding hydrogens is 655 g/mol. The molecule has 2 fully saturated rings. The number of allylic oxidation sites excluding steroid dienone is 4. The second-order valence-corrected chi connectivity index (χ2v) is 15.1. The Hall–Kier alpha value is -1.53. The van der Waals surface area contributed by atoms with E-state index >= 15 is 0 Å². The van der Waals surface area contributed by atoms with Crippen LogP contribution in [0.4, 0.5) is 0 Å². The van der Waals surface area contributed by atoms with Crippen LogP contribution in [0.1, 0.15) is 94.9 Å². The summed E-state index contributed by atoms with van der Waals surface area (Å²) < 4.78 is 1.43. The molecule has 4 unspecified atom stereocenters. The van der Waals surface area contributed by atoms with E-state index in [1.165, 1.54) is 94.6 Å². The molecule has 4 aliphatic carbocycles. The van der Waals surface area contributed by atoms with Crippen molar-refractivity contribution >= 4 is 3.21 Å². The van der Waals surface area contributed by atoms with Crippen molar-refractivity contribution < 1.29 is 49.0 Å². The molecule has 44 heavy (non-hydrogen) atoms. The van der Waals surface area contributed by atoms with Crippen LogP contribution >= 0.6 is 0 Å². The van der Waals surface area contributed by atoms with Gasteiger partial charge in [-0.25, -0.2) is 29.2 Å². The molecule has 0 aromatic heterocycles. The summed E-state index contributed by atoms with van der Waals surface area (Å²) in [5.74, 6) is 5.32. The predicted molar refractivity (Wildman–Crippen MR) is 177 cm³/mol. The summed E-state index contributed by atoms with van der Waals surface area (Å²) in [6.45, 7) is 14.2. The zero-order valence-electron chi connectivity index (χ0n) is 27.6. The number of hydrogen-bond acceptors (Lipinski definition) is 0. The van der Waals surface area contributed by atoms with Crippen molar-refractivity contribution in [2.45, 2.75) is 86.5 Å². The van der Waals surface area contributed by atoms with Crippen LogP contribution in [0, 0.1) is 48.9 Å². The fraction of sp³-hybridized carbons (Fsp3) is 0.439. The molecule has 234 valence electrons. The third kappa shape index (κ3) is 8.24. The Morgan fingerprint density at radius 3 is 2.02 bits per heavy atom. The quantitative estimate of drug-likeness (QED) is 0.263. The van der Waals surface area contributed by atoms with Crippen molar-refractivity contribution in [3.8, 4) is 0 Å². The molecule has 3 aromatic rings. The van der Waals surface area contributed by atoms with Crippen molar-refractivity contribution in [3.63, 3.8) is 0 Å². The minimum absolute atomic E-state index is 0. The van der Waals surface area contributed by atoms with Crippen LogP contribution in [-0.4, -0.2) is 3.21 Å². The van der Waals surface area contributed by atoms with Crippen molar-refractivity contribution in [3.05, 3.63) is 130 Å². The van der Waals surface area contributed by atoms with Crippen LogP contribution in [0.2, 0.25) is 0 Å². The summed E-state index contributed by atoms with van der Waals surface area (Å²) in [4.78, 5) is 0. The molecule has 0 radical (unpaired) electrons. The summed E-state index contributed by atoms with van der Waals surface area (Å²) in [6, 6.07) is 27.4. The summed E-state index contributed by atoms with van der Waals surface area (Å²) >= 11 is 1.47. The molecule has 3 aromatic carbocycles. The van der Waals surface area contributed by atoms with Crippen molar-refractivity contribution in [1.29, 1.82) is 0 Å². The number of halogens is 2. The summed E-state index contributed by atoms with van der Waals surface area (Å²) in [5, 5.41) is 0. The minimum atomic E-state index is 0. The fourth-order valence-corrected chi connectivity index (χ4v) is 8.75. The van der Waals surface area contributed by atoms with E-state index in [9.17, 15) is 0 Å². The van der Waals surface area contributed by atoms with Crippen LogP contribution in [-0.2, 0) is 24.2 Å². The van der Waals surface area contributed by atoms with Gasteiger partial charge in [-0.3, -0.25) is 0 Å². The smallest absolute Gasteiger partial charge is 0.172 e. The van der Waals surface area contributed by atoms with Crippen LogP contribution in [0.15, 0.2) is 102 Å². The maximum absolute atomic E-state index is 2.60. The molecule has 0 aliphatic heterocycles. The Morgan fingerprint density at radius 1 is 0.864 bits per heavy atom. The molecular formula is C41H50Cl2Zr-2. The molecule has 0 saturated heterocycles. The molecule has 0 bridgehead atoms. The van der Waals surface area contributed by atoms with Crippen LogP contribution in [0.25, 0.3) is 0 Å². The topological polar surface area (TPSA) is 0 Å². The first-order valence-corrected chi connectivity index (χ1v) is 17.5. The second kappa shape index (κ2) is 16.3. The van der Waals surface area contributed by atoms with Crippen LogP contribution in [0.3, 0.4) is 0 Å². The normalized spacial score (nSPS) is 24.4. The van der Waals surface area contributed by atoms with Gasteiger partial charge in [0.15, 0.2) is 0 Å². The molecule has 7 rings (SSSR count). The molecule has 0 nitrogen and oxygen atoms in total. The molecule has 2 saturated carbocycles. The number of hydrogen-bond donors (Lipinski definition) is 0. The van der Waals surface area contributed by atoms with Gasteiger partial charge in [-0.15, -0.1) is 6.92 Å². The van der Waals surface area contributed by atoms with Gasteiger partial charge >= 0.3 is 112 Å². The molecule has 4 atom stereocenters. The number of rotatable bonds is 2. The number of fused-ring (bicyclic) bond motifs is 4. The standard InChI is InChI=1S/C21H31.C15H14.C5H5.2ClH.Zr/c1-13-11-16-9-10-18-17-8-6-5-7-15(17)12-19(18)20(16)14(2)21(13,3)4;1-12-5-3-7-14(9-12)11-15-8-4-6-13(2)10-15;1-2-4-5-3-1;;;/h7,13,16-18H,5-6,8-12H2,1-4H3;3-10H,1-2H3;1-5H;2*1H;/q-1;;-1;;;+2/p-2. The Morgan fingerprint density at radius 2 is 1.48 bits per heavy atom. The van der Waals surface area contributed by atoms with Crippen LogP contribution < -0.4 is 24.8 Å². The summed E-state index contributed by atoms with van der Waals surface area (Å²) in [7, 11) is 0. The van der Waals surface area contributed by atoms with Crippen molar-refractivity contribution in [1.82, 2.24) is 0 Å². The van der Waals surface area contributed by atoms with Crippen molar-refractivity contribution in [2.24, 2.45) is 29.1 Å². The SMILES string of the molecule is C[C-]1C2=C3CC4=CCCCC4C3CCC2CC(C)C1(C)C.Cc1cccc([C](=[Zr+2])c2cccc(C)c2)c1.[Cl-].[Cl-].c1cc[cH-]c1. The molecule has 0 amide bonds. The van der Waals surface area contributed by atoms with Gasteiger partial charge in [0.2, 0.25) is 0 Å². The number of aryl methyl sites for hydroxylation is 2. The van der Waals surface area contributed by atoms with E-state index in [0.717, 1.165) is 23.7 Å². The van der Waals surface area contributed by atoms with Crippen molar-refractivity contribution in [2.75, 3.05) is 0 Å². The van der Waals surface area contributed by atoms with Gasteiger partial charge in [0.05, 0.1) is 0 Å². The van der Waals surface area contributed by atoms with E-state index in [4.69, 9.17) is 0 Å². The third-order valence-electron chi connectivity index (χ3n) is 10.9. The van der Waals surface area contributed by atoms with Gasteiger partial charge in [-0.1, -0.05) is 68.9 Å². The van der Waals surface area contributed by atoms with E-state index < -0.39 is 0 Å². The summed E-state index contributed by atoms with van der Waals surface area (Å²) in [6.07, 6.45) is 12.6. The zero-order chi connectivity index (χ0) is 29.9. The average Bonchev–Trinajstić information content (AvgIpc) is 3.68. The van der Waals surface area contributed by atoms with Crippen LogP contribution in [0.5, 0.6) is 0 Å². The summed E-state index contributed by atoms with van der Waals surface area (Å²) in [5.41, 5.74) is 11.3. The number of benzene rings is 2. The first kappa shape index (κ1) is 36.9. The fourth-order valence-electron chi connectivity index (χ4n) is 7.99. The molecule has 4 aliphatic rings. The van der Waals surface area contributed by atoms with E-state index in [2.05, 4.69) is 96.1 Å².